The number of rotatable bonds is 7. The lowest BCUT2D eigenvalue weighted by atomic mass is 9.86. The number of nitrogens with one attached hydrogen (secondary N) is 1. The first kappa shape index (κ1) is 28.7. The number of carbonyl (C=O) groups is 3. The Labute approximate surface area is 217 Å². The summed E-state index contributed by atoms with van der Waals surface area (Å²) in [7, 11) is 0. The van der Waals surface area contributed by atoms with Gasteiger partial charge in [-0.2, -0.15) is 0 Å². The zero-order valence-electron chi connectivity index (χ0n) is 20.9. The van der Waals surface area contributed by atoms with E-state index in [4.69, 9.17) is 10.5 Å². The number of aryl methyl sites for hydroxylation is 1. The zero-order chi connectivity index (χ0) is 25.0. The fourth-order valence-corrected chi connectivity index (χ4v) is 4.82. The average Bonchev–Trinajstić information content (AvgIpc) is 3.38. The van der Waals surface area contributed by atoms with Gasteiger partial charge < -0.3 is 20.7 Å². The Kier molecular flexibility index (Phi) is 9.83. The number of aromatic nitrogens is 1. The maximum atomic E-state index is 13.1. The molecule has 1 aliphatic rings. The molecule has 2 aromatic rings. The lowest BCUT2D eigenvalue weighted by Gasteiger charge is -2.32. The molecule has 0 bridgehead atoms. The van der Waals surface area contributed by atoms with Crippen molar-refractivity contribution in [2.75, 3.05) is 13.1 Å². The molecule has 192 valence electrons. The van der Waals surface area contributed by atoms with Gasteiger partial charge in [0.25, 0.3) is 0 Å². The summed E-state index contributed by atoms with van der Waals surface area (Å²) in [5, 5.41) is 2.94. The molecule has 2 amide bonds. The second kappa shape index (κ2) is 12.0. The topological polar surface area (TPSA) is 115 Å². The average molecular weight is 523 g/mol. The smallest absolute Gasteiger partial charge is 0.302 e. The summed E-state index contributed by atoms with van der Waals surface area (Å²) < 4.78 is 5.30. The number of nitrogens with zero attached hydrogens (tertiary/aromatic N) is 2. The van der Waals surface area contributed by atoms with E-state index in [1.165, 1.54) is 11.8 Å². The Morgan fingerprint density at radius 2 is 1.91 bits per heavy atom. The zero-order valence-corrected chi connectivity index (χ0v) is 22.5. The molecule has 1 fully saturated rings. The predicted molar refractivity (Wildman–Crippen MR) is 139 cm³/mol. The molecule has 1 aromatic carbocycles. The van der Waals surface area contributed by atoms with Crippen molar-refractivity contribution >= 4 is 41.5 Å². The summed E-state index contributed by atoms with van der Waals surface area (Å²) in [4.78, 5) is 44.4. The Bertz CT molecular complexity index is 1030. The fraction of sp³-hybridized carbons (Fsp3) is 0.520. The SMILES string of the molecule is CC(=O)O[C@H]1C[C@@H](C(=O)NCCc2ccc(-c3scnc3C)cc2)N(C(=O)[C@@H](N)C(C)(C)C)C1.Cl. The van der Waals surface area contributed by atoms with Gasteiger partial charge in [-0.25, -0.2) is 4.98 Å². The summed E-state index contributed by atoms with van der Waals surface area (Å²) in [6, 6.07) is 6.73. The largest absolute Gasteiger partial charge is 0.461 e. The molecule has 1 aromatic heterocycles. The van der Waals surface area contributed by atoms with Crippen LogP contribution in [0.2, 0.25) is 0 Å². The van der Waals surface area contributed by atoms with Gasteiger partial charge in [0.1, 0.15) is 12.1 Å². The van der Waals surface area contributed by atoms with E-state index in [2.05, 4.69) is 22.4 Å². The Morgan fingerprint density at radius 3 is 2.46 bits per heavy atom. The number of likely N-dealkylation sites (tertiary alicyclic amines) is 1. The lowest BCUT2D eigenvalue weighted by molar-refractivity contribution is -0.147. The van der Waals surface area contributed by atoms with E-state index >= 15 is 0 Å². The second-order valence-corrected chi connectivity index (χ2v) is 10.7. The molecular formula is C25H35ClN4O4S. The third kappa shape index (κ3) is 7.25. The minimum absolute atomic E-state index is 0. The van der Waals surface area contributed by atoms with Crippen molar-refractivity contribution in [1.29, 1.82) is 0 Å². The minimum Gasteiger partial charge on any atom is -0.461 e. The number of halogens is 1. The number of benzene rings is 1. The van der Waals surface area contributed by atoms with Crippen molar-refractivity contribution in [1.82, 2.24) is 15.2 Å². The van der Waals surface area contributed by atoms with E-state index in [1.54, 1.807) is 11.3 Å². The molecule has 3 rings (SSSR count). The molecule has 1 saturated heterocycles. The van der Waals surface area contributed by atoms with Crippen molar-refractivity contribution in [2.24, 2.45) is 11.1 Å². The van der Waals surface area contributed by atoms with Crippen LogP contribution in [0.1, 0.15) is 45.4 Å². The highest BCUT2D eigenvalue weighted by molar-refractivity contribution is 7.13. The van der Waals surface area contributed by atoms with Gasteiger partial charge in [0, 0.05) is 19.9 Å². The molecule has 10 heteroatoms. The van der Waals surface area contributed by atoms with E-state index in [0.29, 0.717) is 13.0 Å². The Morgan fingerprint density at radius 1 is 1.26 bits per heavy atom. The van der Waals surface area contributed by atoms with E-state index in [9.17, 15) is 14.4 Å². The van der Waals surface area contributed by atoms with Gasteiger partial charge in [-0.1, -0.05) is 45.0 Å². The molecule has 3 atom stereocenters. The van der Waals surface area contributed by atoms with E-state index in [-0.39, 0.29) is 37.2 Å². The Hall–Kier alpha value is -2.49. The van der Waals surface area contributed by atoms with Crippen LogP contribution in [-0.2, 0) is 25.5 Å². The summed E-state index contributed by atoms with van der Waals surface area (Å²) in [5.74, 6) is -1.01. The molecule has 0 spiro atoms. The van der Waals surface area contributed by atoms with Crippen molar-refractivity contribution < 1.29 is 19.1 Å². The lowest BCUT2D eigenvalue weighted by Crippen LogP contribution is -2.55. The highest BCUT2D eigenvalue weighted by atomic mass is 35.5. The third-order valence-electron chi connectivity index (χ3n) is 6.05. The van der Waals surface area contributed by atoms with E-state index in [0.717, 1.165) is 21.7 Å². The Balaban J connectivity index is 0.00000432. The summed E-state index contributed by atoms with van der Waals surface area (Å²) in [6.07, 6.45) is 0.396. The van der Waals surface area contributed by atoms with Crippen LogP contribution in [0.25, 0.3) is 10.4 Å². The van der Waals surface area contributed by atoms with Crippen molar-refractivity contribution in [2.45, 2.75) is 65.6 Å². The molecule has 1 aliphatic heterocycles. The van der Waals surface area contributed by atoms with Crippen molar-refractivity contribution in [3.63, 3.8) is 0 Å². The normalized spacial score (nSPS) is 18.5. The molecule has 3 N–H and O–H groups in total. The molecule has 0 aliphatic carbocycles. The minimum atomic E-state index is -0.764. The van der Waals surface area contributed by atoms with Gasteiger partial charge >= 0.3 is 5.97 Å². The third-order valence-corrected chi connectivity index (χ3v) is 7.03. The highest BCUT2D eigenvalue weighted by Crippen LogP contribution is 2.28. The van der Waals surface area contributed by atoms with Crippen LogP contribution >= 0.6 is 23.7 Å². The van der Waals surface area contributed by atoms with Crippen LogP contribution in [0.5, 0.6) is 0 Å². The van der Waals surface area contributed by atoms with Gasteiger partial charge in [-0.05, 0) is 29.9 Å². The van der Waals surface area contributed by atoms with Gasteiger partial charge in [-0.15, -0.1) is 23.7 Å². The fourth-order valence-electron chi connectivity index (χ4n) is 4.01. The van der Waals surface area contributed by atoms with E-state index < -0.39 is 29.6 Å². The predicted octanol–water partition coefficient (Wildman–Crippen LogP) is 3.11. The van der Waals surface area contributed by atoms with Crippen LogP contribution in [-0.4, -0.2) is 58.9 Å². The highest BCUT2D eigenvalue weighted by Gasteiger charge is 2.44. The van der Waals surface area contributed by atoms with Gasteiger partial charge in [0.15, 0.2) is 0 Å². The maximum Gasteiger partial charge on any atom is 0.302 e. The van der Waals surface area contributed by atoms with Crippen LogP contribution in [0.15, 0.2) is 29.8 Å². The number of thiazole rings is 1. The first-order valence-corrected chi connectivity index (χ1v) is 12.4. The first-order chi connectivity index (χ1) is 16.0. The van der Waals surface area contributed by atoms with Crippen LogP contribution < -0.4 is 11.1 Å². The molecule has 8 nitrogen and oxygen atoms in total. The van der Waals surface area contributed by atoms with Crippen molar-refractivity contribution in [3.05, 3.63) is 41.0 Å². The monoisotopic (exact) mass is 522 g/mol. The number of amides is 2. The second-order valence-electron chi connectivity index (χ2n) is 9.82. The van der Waals surface area contributed by atoms with Gasteiger partial charge in [-0.3, -0.25) is 14.4 Å². The van der Waals surface area contributed by atoms with Crippen LogP contribution in [0, 0.1) is 12.3 Å². The van der Waals surface area contributed by atoms with Gasteiger partial charge in [0.2, 0.25) is 11.8 Å². The number of nitrogens with two attached hydrogens (primary N) is 1. The summed E-state index contributed by atoms with van der Waals surface area (Å²) >= 11 is 1.61. The summed E-state index contributed by atoms with van der Waals surface area (Å²) in [6.45, 7) is 9.55. The van der Waals surface area contributed by atoms with Crippen LogP contribution in [0.3, 0.4) is 0 Å². The number of hydrogen-bond acceptors (Lipinski definition) is 7. The van der Waals surface area contributed by atoms with Gasteiger partial charge in [0.05, 0.1) is 28.7 Å². The number of carbonyl (C=O) groups excluding carboxylic acids is 3. The summed E-state index contributed by atoms with van der Waals surface area (Å²) in [5.41, 5.74) is 10.8. The number of hydrogen-bond donors (Lipinski definition) is 2. The number of esters is 1. The maximum absolute atomic E-state index is 13.1. The standard InChI is InChI=1S/C25H34N4O4S.ClH/c1-15-21(34-14-28-15)18-8-6-17(7-9-18)10-11-27-23(31)20-12-19(33-16(2)30)13-29(20)24(32)22(26)25(3,4)5;/h6-9,14,19-20,22H,10-13,26H2,1-5H3,(H,27,31);1H/t19-,20-,22+;/m0./s1. The quantitative estimate of drug-likeness (QED) is 0.540. The van der Waals surface area contributed by atoms with E-state index in [1.807, 2.05) is 45.3 Å². The van der Waals surface area contributed by atoms with Crippen molar-refractivity contribution in [3.8, 4) is 10.4 Å². The van der Waals surface area contributed by atoms with Crippen LogP contribution in [0.4, 0.5) is 0 Å². The molecular weight excluding hydrogens is 488 g/mol. The molecule has 2 heterocycles. The first-order valence-electron chi connectivity index (χ1n) is 11.5. The number of ether oxygens (including phenoxy) is 1. The molecule has 35 heavy (non-hydrogen) atoms. The molecule has 0 unspecified atom stereocenters. The molecule has 0 radical (unpaired) electrons. The molecule has 0 saturated carbocycles.